The highest BCUT2D eigenvalue weighted by Crippen LogP contribution is 2.38. The second-order valence-corrected chi connectivity index (χ2v) is 11.2. The van der Waals surface area contributed by atoms with Gasteiger partial charge in [-0.25, -0.2) is 9.20 Å². The van der Waals surface area contributed by atoms with E-state index in [4.69, 9.17) is 4.74 Å². The molecule has 0 unspecified atom stereocenters. The van der Waals surface area contributed by atoms with Crippen molar-refractivity contribution >= 4 is 39.4 Å². The van der Waals surface area contributed by atoms with Gasteiger partial charge in [-0.1, -0.05) is 13.8 Å². The summed E-state index contributed by atoms with van der Waals surface area (Å²) in [5.41, 5.74) is 4.09. The molecule has 1 fully saturated rings. The van der Waals surface area contributed by atoms with Gasteiger partial charge in [0.1, 0.15) is 4.83 Å². The lowest BCUT2D eigenvalue weighted by atomic mass is 9.84. The first-order valence-electron chi connectivity index (χ1n) is 11.9. The first-order valence-corrected chi connectivity index (χ1v) is 12.7. The van der Waals surface area contributed by atoms with Crippen LogP contribution >= 0.6 is 11.3 Å². The van der Waals surface area contributed by atoms with Gasteiger partial charge in [-0.2, -0.15) is 10.2 Å². The van der Waals surface area contributed by atoms with Crippen molar-refractivity contribution in [3.05, 3.63) is 41.6 Å². The standard InChI is InChI=1S/C25H30N8O3S/c1-14-18(7-16(8-26-14)28-20(34)11-32-12-25(3,4)13-32)29-22(35)17-9-27-33-10-19(37-24(17)33)21-15(2)30-31(5)23(21)36-6/h7-10H,11-13H2,1-6H3,(H,28,34)(H,29,35). The Morgan fingerprint density at radius 2 is 1.92 bits per heavy atom. The van der Waals surface area contributed by atoms with Crippen molar-refractivity contribution in [1.29, 1.82) is 0 Å². The molecule has 1 saturated heterocycles. The fourth-order valence-electron chi connectivity index (χ4n) is 4.81. The summed E-state index contributed by atoms with van der Waals surface area (Å²) < 4.78 is 8.90. The van der Waals surface area contributed by atoms with Crippen LogP contribution in [0.2, 0.25) is 0 Å². The maximum absolute atomic E-state index is 13.2. The molecule has 0 saturated carbocycles. The lowest BCUT2D eigenvalue weighted by molar-refractivity contribution is -0.120. The lowest BCUT2D eigenvalue weighted by Crippen LogP contribution is -2.54. The van der Waals surface area contributed by atoms with Crippen LogP contribution in [0.5, 0.6) is 5.88 Å². The van der Waals surface area contributed by atoms with Crippen LogP contribution in [0, 0.1) is 19.3 Å². The number of carbonyl (C=O) groups is 2. The minimum Gasteiger partial charge on any atom is -0.481 e. The molecular formula is C25H30N8O3S. The number of methoxy groups -OCH3 is 1. The number of pyridine rings is 1. The highest BCUT2D eigenvalue weighted by Gasteiger charge is 2.34. The van der Waals surface area contributed by atoms with E-state index in [0.29, 0.717) is 39.9 Å². The van der Waals surface area contributed by atoms with E-state index in [1.807, 2.05) is 20.2 Å². The minimum atomic E-state index is -0.311. The number of aryl methyl sites for hydroxylation is 3. The molecule has 4 aromatic rings. The Hall–Kier alpha value is -3.77. The maximum Gasteiger partial charge on any atom is 0.260 e. The van der Waals surface area contributed by atoms with Crippen molar-refractivity contribution in [3.8, 4) is 16.3 Å². The van der Waals surface area contributed by atoms with E-state index < -0.39 is 0 Å². The number of nitrogens with zero attached hydrogens (tertiary/aromatic N) is 6. The second kappa shape index (κ2) is 9.27. The summed E-state index contributed by atoms with van der Waals surface area (Å²) in [4.78, 5) is 33.8. The molecule has 5 heterocycles. The van der Waals surface area contributed by atoms with Gasteiger partial charge >= 0.3 is 0 Å². The van der Waals surface area contributed by atoms with Crippen LogP contribution in [0.1, 0.15) is 35.6 Å². The number of carbonyl (C=O) groups excluding carboxylic acids is 2. The van der Waals surface area contributed by atoms with E-state index in [1.165, 1.54) is 11.3 Å². The number of rotatable bonds is 7. The van der Waals surface area contributed by atoms with Crippen LogP contribution < -0.4 is 15.4 Å². The topological polar surface area (TPSA) is 119 Å². The zero-order chi connectivity index (χ0) is 26.5. The SMILES string of the molecule is COc1c(-c2cn3ncc(C(=O)Nc4cc(NC(=O)CN5CC(C)(C)C5)cnc4C)c3s2)c(C)nn1C. The fraction of sp³-hybridized carbons (Fsp3) is 0.400. The van der Waals surface area contributed by atoms with Crippen molar-refractivity contribution in [2.75, 3.05) is 37.4 Å². The number of fused-ring (bicyclic) bond motifs is 1. The van der Waals surface area contributed by atoms with Gasteiger partial charge in [0.25, 0.3) is 5.91 Å². The Morgan fingerprint density at radius 3 is 2.62 bits per heavy atom. The summed E-state index contributed by atoms with van der Waals surface area (Å²) in [7, 11) is 3.43. The molecule has 5 rings (SSSR count). The quantitative estimate of drug-likeness (QED) is 0.382. The summed E-state index contributed by atoms with van der Waals surface area (Å²) >= 11 is 1.44. The molecule has 37 heavy (non-hydrogen) atoms. The van der Waals surface area contributed by atoms with Crippen LogP contribution in [0.15, 0.2) is 24.7 Å². The van der Waals surface area contributed by atoms with Gasteiger partial charge in [-0.3, -0.25) is 19.5 Å². The average molecular weight is 523 g/mol. The molecule has 4 aromatic heterocycles. The second-order valence-electron chi connectivity index (χ2n) is 10.2. The molecule has 0 aromatic carbocycles. The number of likely N-dealkylation sites (tertiary alicyclic amines) is 1. The largest absolute Gasteiger partial charge is 0.481 e. The van der Waals surface area contributed by atoms with Crippen LogP contribution in [0.3, 0.4) is 0 Å². The van der Waals surface area contributed by atoms with E-state index in [2.05, 4.69) is 44.6 Å². The smallest absolute Gasteiger partial charge is 0.260 e. The van der Waals surface area contributed by atoms with Crippen LogP contribution in [0.25, 0.3) is 15.3 Å². The van der Waals surface area contributed by atoms with E-state index in [9.17, 15) is 9.59 Å². The highest BCUT2D eigenvalue weighted by molar-refractivity contribution is 7.21. The van der Waals surface area contributed by atoms with Gasteiger partial charge in [0.15, 0.2) is 0 Å². The van der Waals surface area contributed by atoms with E-state index in [0.717, 1.165) is 29.2 Å². The molecule has 11 nitrogen and oxygen atoms in total. The monoisotopic (exact) mass is 522 g/mol. The zero-order valence-electron chi connectivity index (χ0n) is 21.7. The number of thiazole rings is 1. The first kappa shape index (κ1) is 24.9. The Bertz CT molecular complexity index is 1510. The molecule has 0 atom stereocenters. The summed E-state index contributed by atoms with van der Waals surface area (Å²) in [5, 5.41) is 14.6. The van der Waals surface area contributed by atoms with Gasteiger partial charge in [0.05, 0.1) is 64.8 Å². The number of nitrogens with one attached hydrogen (secondary N) is 2. The normalized spacial score (nSPS) is 15.0. The lowest BCUT2D eigenvalue weighted by Gasteiger charge is -2.45. The van der Waals surface area contributed by atoms with E-state index in [1.54, 1.807) is 41.7 Å². The highest BCUT2D eigenvalue weighted by atomic mass is 32.1. The van der Waals surface area contributed by atoms with E-state index >= 15 is 0 Å². The Labute approximate surface area is 218 Å². The predicted molar refractivity (Wildman–Crippen MR) is 142 cm³/mol. The summed E-state index contributed by atoms with van der Waals surface area (Å²) in [5.74, 6) is 0.227. The Balaban J connectivity index is 1.33. The van der Waals surface area contributed by atoms with Crippen LogP contribution in [0.4, 0.5) is 11.4 Å². The van der Waals surface area contributed by atoms with Crippen molar-refractivity contribution in [3.63, 3.8) is 0 Å². The number of hydrogen-bond donors (Lipinski definition) is 2. The molecule has 12 heteroatoms. The summed E-state index contributed by atoms with van der Waals surface area (Å²) in [6.45, 7) is 10.2. The molecule has 2 N–H and O–H groups in total. The Morgan fingerprint density at radius 1 is 1.16 bits per heavy atom. The zero-order valence-corrected chi connectivity index (χ0v) is 22.6. The van der Waals surface area contributed by atoms with Crippen molar-refractivity contribution < 1.29 is 14.3 Å². The van der Waals surface area contributed by atoms with E-state index in [-0.39, 0.29) is 17.2 Å². The van der Waals surface area contributed by atoms with Gasteiger partial charge in [-0.05, 0) is 25.3 Å². The fourth-order valence-corrected chi connectivity index (χ4v) is 5.96. The molecule has 1 aliphatic rings. The van der Waals surface area contributed by atoms with Gasteiger partial charge in [0.2, 0.25) is 11.8 Å². The van der Waals surface area contributed by atoms with Crippen molar-refractivity contribution in [1.82, 2.24) is 29.3 Å². The van der Waals surface area contributed by atoms with Gasteiger partial charge in [-0.15, -0.1) is 11.3 Å². The average Bonchev–Trinajstić information content (AvgIpc) is 3.46. The first-order chi connectivity index (χ1) is 17.5. The third-order valence-corrected chi connectivity index (χ3v) is 7.47. The number of hydrogen-bond acceptors (Lipinski definition) is 8. The molecule has 2 amide bonds. The number of anilines is 2. The molecular weight excluding hydrogens is 492 g/mol. The minimum absolute atomic E-state index is 0.107. The summed E-state index contributed by atoms with van der Waals surface area (Å²) in [6, 6.07) is 1.72. The number of aromatic nitrogens is 5. The Kier molecular flexibility index (Phi) is 6.24. The van der Waals surface area contributed by atoms with Crippen molar-refractivity contribution in [2.24, 2.45) is 12.5 Å². The number of amides is 2. The van der Waals surface area contributed by atoms with Crippen molar-refractivity contribution in [2.45, 2.75) is 27.7 Å². The molecule has 1 aliphatic heterocycles. The van der Waals surface area contributed by atoms with Crippen LogP contribution in [-0.2, 0) is 11.8 Å². The molecule has 0 spiro atoms. The molecule has 0 aliphatic carbocycles. The molecule has 0 radical (unpaired) electrons. The molecule has 0 bridgehead atoms. The predicted octanol–water partition coefficient (Wildman–Crippen LogP) is 3.35. The van der Waals surface area contributed by atoms with Gasteiger partial charge in [0, 0.05) is 26.3 Å². The van der Waals surface area contributed by atoms with Gasteiger partial charge < -0.3 is 15.4 Å². The summed E-state index contributed by atoms with van der Waals surface area (Å²) in [6.07, 6.45) is 5.00. The van der Waals surface area contributed by atoms with Crippen LogP contribution in [-0.4, -0.2) is 67.8 Å². The maximum atomic E-state index is 13.2. The number of ether oxygens (including phenoxy) is 1. The third kappa shape index (κ3) is 4.81. The third-order valence-electron chi connectivity index (χ3n) is 6.34. The molecule has 194 valence electrons.